The van der Waals surface area contributed by atoms with Gasteiger partial charge in [-0.1, -0.05) is 17.4 Å². The summed E-state index contributed by atoms with van der Waals surface area (Å²) in [6.45, 7) is 2.52. The van der Waals surface area contributed by atoms with Gasteiger partial charge in [-0.15, -0.1) is 0 Å². The zero-order valence-corrected chi connectivity index (χ0v) is 11.5. The number of benzene rings is 1. The van der Waals surface area contributed by atoms with Crippen LogP contribution in [0.5, 0.6) is 5.75 Å². The average molecular weight is 282 g/mol. The van der Waals surface area contributed by atoms with Gasteiger partial charge in [-0.05, 0) is 24.6 Å². The second-order valence-corrected chi connectivity index (χ2v) is 5.01. The van der Waals surface area contributed by atoms with Crippen LogP contribution in [-0.2, 0) is 6.54 Å². The largest absolute Gasteiger partial charge is 0.494 e. The topological polar surface area (TPSA) is 54.1 Å². The van der Waals surface area contributed by atoms with E-state index in [-0.39, 0.29) is 22.5 Å². The number of nitrogens with one attached hydrogen (secondary N) is 2. The van der Waals surface area contributed by atoms with E-state index >= 15 is 0 Å². The van der Waals surface area contributed by atoms with Crippen molar-refractivity contribution in [2.24, 2.45) is 0 Å². The summed E-state index contributed by atoms with van der Waals surface area (Å²) >= 11 is 1.14. The molecule has 0 aliphatic carbocycles. The van der Waals surface area contributed by atoms with Crippen LogP contribution in [0, 0.1) is 5.82 Å². The van der Waals surface area contributed by atoms with Gasteiger partial charge in [-0.3, -0.25) is 4.79 Å². The van der Waals surface area contributed by atoms with Crippen LogP contribution in [0.15, 0.2) is 28.4 Å². The Morgan fingerprint density at radius 2 is 2.32 bits per heavy atom. The molecular weight excluding hydrogens is 267 g/mol. The van der Waals surface area contributed by atoms with Crippen molar-refractivity contribution in [2.45, 2.75) is 19.5 Å². The summed E-state index contributed by atoms with van der Waals surface area (Å²) < 4.78 is 18.3. The summed E-state index contributed by atoms with van der Waals surface area (Å²) in [6, 6.07) is 4.80. The first-order valence-electron chi connectivity index (χ1n) is 5.83. The van der Waals surface area contributed by atoms with Crippen LogP contribution in [0.4, 0.5) is 4.39 Å². The van der Waals surface area contributed by atoms with Crippen molar-refractivity contribution in [2.75, 3.05) is 7.11 Å². The van der Waals surface area contributed by atoms with E-state index in [0.717, 1.165) is 22.6 Å². The number of hydrogen-bond donors (Lipinski definition) is 2. The van der Waals surface area contributed by atoms with Crippen molar-refractivity contribution in [3.05, 3.63) is 50.3 Å². The van der Waals surface area contributed by atoms with Gasteiger partial charge in [0.1, 0.15) is 0 Å². The molecule has 1 aromatic heterocycles. The highest BCUT2D eigenvalue weighted by molar-refractivity contribution is 7.07. The third-order valence-corrected chi connectivity index (χ3v) is 3.56. The molecule has 0 aliphatic rings. The highest BCUT2D eigenvalue weighted by Crippen LogP contribution is 2.22. The Hall–Kier alpha value is -1.66. The van der Waals surface area contributed by atoms with Crippen LogP contribution in [0.2, 0.25) is 0 Å². The Labute approximate surface area is 114 Å². The lowest BCUT2D eigenvalue weighted by Gasteiger charge is -2.14. The van der Waals surface area contributed by atoms with Crippen LogP contribution in [-0.4, -0.2) is 12.1 Å². The molecule has 19 heavy (non-hydrogen) atoms. The van der Waals surface area contributed by atoms with Gasteiger partial charge >= 0.3 is 4.87 Å². The molecule has 1 aromatic carbocycles. The molecule has 2 N–H and O–H groups in total. The molecule has 0 spiro atoms. The minimum absolute atomic E-state index is 0.0258. The quantitative estimate of drug-likeness (QED) is 0.885. The van der Waals surface area contributed by atoms with E-state index in [1.54, 1.807) is 17.5 Å². The molecule has 1 atom stereocenters. The van der Waals surface area contributed by atoms with Crippen LogP contribution < -0.4 is 14.9 Å². The minimum Gasteiger partial charge on any atom is -0.494 e. The number of halogens is 1. The Morgan fingerprint density at radius 1 is 1.53 bits per heavy atom. The lowest BCUT2D eigenvalue weighted by atomic mass is 10.1. The summed E-state index contributed by atoms with van der Waals surface area (Å²) in [5, 5.41) is 5.04. The maximum absolute atomic E-state index is 13.3. The molecule has 6 heteroatoms. The minimum atomic E-state index is -0.374. The van der Waals surface area contributed by atoms with Gasteiger partial charge in [0.05, 0.1) is 7.11 Å². The summed E-state index contributed by atoms with van der Waals surface area (Å²) in [5.41, 5.74) is 1.77. The number of aromatic amines is 1. The fourth-order valence-electron chi connectivity index (χ4n) is 1.73. The van der Waals surface area contributed by atoms with Gasteiger partial charge in [-0.25, -0.2) is 4.39 Å². The average Bonchev–Trinajstić information content (AvgIpc) is 2.82. The van der Waals surface area contributed by atoms with E-state index in [1.807, 2.05) is 6.92 Å². The molecule has 0 saturated heterocycles. The number of rotatable bonds is 5. The van der Waals surface area contributed by atoms with E-state index < -0.39 is 0 Å². The van der Waals surface area contributed by atoms with E-state index in [2.05, 4.69) is 10.3 Å². The highest BCUT2D eigenvalue weighted by atomic mass is 32.1. The number of aromatic nitrogens is 1. The Bertz CT molecular complexity index is 609. The molecule has 0 bridgehead atoms. The SMILES string of the molecule is COc1cc(C(C)NCc2csc(=O)[nH]2)ccc1F. The lowest BCUT2D eigenvalue weighted by Crippen LogP contribution is -2.18. The van der Waals surface area contributed by atoms with E-state index in [1.165, 1.54) is 13.2 Å². The predicted molar refractivity (Wildman–Crippen MR) is 73.1 cm³/mol. The molecule has 4 nitrogen and oxygen atoms in total. The number of thiazole rings is 1. The molecular formula is C13H15FN2O2S. The highest BCUT2D eigenvalue weighted by Gasteiger charge is 2.09. The third-order valence-electron chi connectivity index (χ3n) is 2.84. The first-order chi connectivity index (χ1) is 9.10. The molecule has 102 valence electrons. The van der Waals surface area contributed by atoms with Crippen molar-refractivity contribution in [1.82, 2.24) is 10.3 Å². The Balaban J connectivity index is 2.03. The first-order valence-corrected chi connectivity index (χ1v) is 6.71. The van der Waals surface area contributed by atoms with E-state index in [0.29, 0.717) is 6.54 Å². The van der Waals surface area contributed by atoms with Gasteiger partial charge < -0.3 is 15.0 Å². The summed E-state index contributed by atoms with van der Waals surface area (Å²) in [6.07, 6.45) is 0. The smallest absolute Gasteiger partial charge is 0.304 e. The normalized spacial score (nSPS) is 12.4. The summed E-state index contributed by atoms with van der Waals surface area (Å²) in [7, 11) is 1.44. The van der Waals surface area contributed by atoms with Crippen molar-refractivity contribution in [3.8, 4) is 5.75 Å². The van der Waals surface area contributed by atoms with Crippen LogP contribution >= 0.6 is 11.3 Å². The molecule has 0 radical (unpaired) electrons. The maximum Gasteiger partial charge on any atom is 0.304 e. The van der Waals surface area contributed by atoms with Crippen LogP contribution in [0.25, 0.3) is 0 Å². The number of H-pyrrole nitrogens is 1. The van der Waals surface area contributed by atoms with Gasteiger partial charge in [0.2, 0.25) is 0 Å². The summed E-state index contributed by atoms with van der Waals surface area (Å²) in [4.78, 5) is 13.7. The number of methoxy groups -OCH3 is 1. The maximum atomic E-state index is 13.3. The Kier molecular flexibility index (Phi) is 4.34. The van der Waals surface area contributed by atoms with E-state index in [4.69, 9.17) is 4.74 Å². The Morgan fingerprint density at radius 3 is 2.95 bits per heavy atom. The molecule has 2 aromatic rings. The zero-order valence-electron chi connectivity index (χ0n) is 10.7. The van der Waals surface area contributed by atoms with Crippen LogP contribution in [0.3, 0.4) is 0 Å². The molecule has 0 fully saturated rings. The summed E-state index contributed by atoms with van der Waals surface area (Å²) in [5.74, 6) is -0.143. The number of hydrogen-bond acceptors (Lipinski definition) is 4. The molecule has 0 saturated carbocycles. The van der Waals surface area contributed by atoms with E-state index in [9.17, 15) is 9.18 Å². The molecule has 0 amide bonds. The second-order valence-electron chi connectivity index (χ2n) is 4.17. The molecule has 0 aliphatic heterocycles. The zero-order chi connectivity index (χ0) is 13.8. The second kappa shape index (κ2) is 5.99. The van der Waals surface area contributed by atoms with Gasteiger partial charge in [0.25, 0.3) is 0 Å². The van der Waals surface area contributed by atoms with Crippen molar-refractivity contribution in [1.29, 1.82) is 0 Å². The standard InChI is InChI=1S/C13H15FN2O2S/c1-8(15-6-10-7-19-13(17)16-10)9-3-4-11(14)12(5-9)18-2/h3-5,7-8,15H,6H2,1-2H3,(H,16,17). The first kappa shape index (κ1) is 13.8. The van der Waals surface area contributed by atoms with Gasteiger partial charge in [0.15, 0.2) is 11.6 Å². The van der Waals surface area contributed by atoms with Crippen molar-refractivity contribution < 1.29 is 9.13 Å². The monoisotopic (exact) mass is 282 g/mol. The van der Waals surface area contributed by atoms with Crippen molar-refractivity contribution >= 4 is 11.3 Å². The fourth-order valence-corrected chi connectivity index (χ4v) is 2.31. The van der Waals surface area contributed by atoms with Gasteiger partial charge in [0, 0.05) is 23.7 Å². The fraction of sp³-hybridized carbons (Fsp3) is 0.308. The molecule has 1 unspecified atom stereocenters. The van der Waals surface area contributed by atoms with Gasteiger partial charge in [-0.2, -0.15) is 0 Å². The lowest BCUT2D eigenvalue weighted by molar-refractivity contribution is 0.385. The number of ether oxygens (including phenoxy) is 1. The predicted octanol–water partition coefficient (Wildman–Crippen LogP) is 2.43. The third kappa shape index (κ3) is 3.42. The van der Waals surface area contributed by atoms with Crippen LogP contribution in [0.1, 0.15) is 24.2 Å². The van der Waals surface area contributed by atoms with Crippen molar-refractivity contribution in [3.63, 3.8) is 0 Å². The molecule has 1 heterocycles. The molecule has 2 rings (SSSR count).